The number of ketones is 2. The van der Waals surface area contributed by atoms with E-state index in [0.717, 1.165) is 0 Å². The summed E-state index contributed by atoms with van der Waals surface area (Å²) in [5.41, 5.74) is -0.589. The molecule has 16 heavy (non-hydrogen) atoms. The molecule has 0 aliphatic carbocycles. The van der Waals surface area contributed by atoms with Gasteiger partial charge in [-0.3, -0.25) is 9.59 Å². The molecule has 0 amide bonds. The molecule has 0 unspecified atom stereocenters. The molecule has 0 aromatic heterocycles. The molecular formula is C14H26O2. The standard InChI is InChI=1S/C14H26O2/c1-10(12(16)14(5,6)7)8-9-11(15)13(2,3)4/h10H,8-9H2,1-7H3/t10-/m0/s1. The van der Waals surface area contributed by atoms with Crippen LogP contribution in [0.25, 0.3) is 0 Å². The van der Waals surface area contributed by atoms with Crippen molar-refractivity contribution in [2.24, 2.45) is 16.7 Å². The van der Waals surface area contributed by atoms with Crippen molar-refractivity contribution < 1.29 is 9.59 Å². The van der Waals surface area contributed by atoms with Crippen molar-refractivity contribution in [3.63, 3.8) is 0 Å². The fraction of sp³-hybridized carbons (Fsp3) is 0.857. The van der Waals surface area contributed by atoms with Gasteiger partial charge in [0.25, 0.3) is 0 Å². The molecule has 2 nitrogen and oxygen atoms in total. The Labute approximate surface area is 99.8 Å². The average molecular weight is 226 g/mol. The lowest BCUT2D eigenvalue weighted by atomic mass is 9.80. The second-order valence-corrected chi connectivity index (χ2v) is 6.73. The molecule has 0 aliphatic rings. The maximum atomic E-state index is 11.9. The maximum absolute atomic E-state index is 11.9. The zero-order chi connectivity index (χ0) is 13.1. The van der Waals surface area contributed by atoms with Crippen molar-refractivity contribution in [1.82, 2.24) is 0 Å². The molecule has 0 aromatic carbocycles. The summed E-state index contributed by atoms with van der Waals surface area (Å²) in [5, 5.41) is 0. The second kappa shape index (κ2) is 5.11. The predicted molar refractivity (Wildman–Crippen MR) is 67.3 cm³/mol. The van der Waals surface area contributed by atoms with Gasteiger partial charge in [-0.15, -0.1) is 0 Å². The van der Waals surface area contributed by atoms with Crippen molar-refractivity contribution in [2.75, 3.05) is 0 Å². The predicted octanol–water partition coefficient (Wildman–Crippen LogP) is 3.63. The Morgan fingerprint density at radius 3 is 1.69 bits per heavy atom. The van der Waals surface area contributed by atoms with Gasteiger partial charge >= 0.3 is 0 Å². The van der Waals surface area contributed by atoms with E-state index >= 15 is 0 Å². The van der Waals surface area contributed by atoms with Gasteiger partial charge in [0, 0.05) is 23.2 Å². The Morgan fingerprint density at radius 1 is 0.938 bits per heavy atom. The fourth-order valence-corrected chi connectivity index (χ4v) is 1.59. The van der Waals surface area contributed by atoms with Crippen molar-refractivity contribution in [2.45, 2.75) is 61.3 Å². The lowest BCUT2D eigenvalue weighted by Gasteiger charge is -2.23. The van der Waals surface area contributed by atoms with Gasteiger partial charge in [0.15, 0.2) is 0 Å². The molecule has 0 spiro atoms. The number of carbonyl (C=O) groups is 2. The van der Waals surface area contributed by atoms with Crippen LogP contribution in [0.4, 0.5) is 0 Å². The highest BCUT2D eigenvalue weighted by molar-refractivity contribution is 5.87. The minimum Gasteiger partial charge on any atom is -0.299 e. The minimum absolute atomic E-state index is 0.0219. The molecule has 1 atom stereocenters. The van der Waals surface area contributed by atoms with Crippen LogP contribution in [0.1, 0.15) is 61.3 Å². The lowest BCUT2D eigenvalue weighted by Crippen LogP contribution is -2.28. The quantitative estimate of drug-likeness (QED) is 0.733. The molecule has 0 bridgehead atoms. The van der Waals surface area contributed by atoms with E-state index in [0.29, 0.717) is 12.8 Å². The third kappa shape index (κ3) is 4.91. The summed E-state index contributed by atoms with van der Waals surface area (Å²) in [6.07, 6.45) is 1.18. The zero-order valence-electron chi connectivity index (χ0n) is 11.8. The van der Waals surface area contributed by atoms with Crippen LogP contribution in [-0.4, -0.2) is 11.6 Å². The molecular weight excluding hydrogens is 200 g/mol. The number of Topliss-reactive ketones (excluding diaryl/α,β-unsaturated/α-hetero) is 2. The highest BCUT2D eigenvalue weighted by Crippen LogP contribution is 2.25. The van der Waals surface area contributed by atoms with Crippen LogP contribution >= 0.6 is 0 Å². The van der Waals surface area contributed by atoms with E-state index in [1.54, 1.807) is 0 Å². The Balaban J connectivity index is 4.25. The van der Waals surface area contributed by atoms with Crippen molar-refractivity contribution in [1.29, 1.82) is 0 Å². The Bertz CT molecular complexity index is 263. The average Bonchev–Trinajstić information content (AvgIpc) is 2.09. The van der Waals surface area contributed by atoms with E-state index in [1.807, 2.05) is 48.5 Å². The van der Waals surface area contributed by atoms with E-state index in [-0.39, 0.29) is 28.3 Å². The number of hydrogen-bond donors (Lipinski definition) is 0. The first kappa shape index (κ1) is 15.3. The van der Waals surface area contributed by atoms with Gasteiger partial charge in [0.1, 0.15) is 11.6 Å². The van der Waals surface area contributed by atoms with Crippen molar-refractivity contribution >= 4 is 11.6 Å². The molecule has 0 aliphatic heterocycles. The normalized spacial score (nSPS) is 14.7. The second-order valence-electron chi connectivity index (χ2n) is 6.73. The molecule has 0 saturated carbocycles. The first-order chi connectivity index (χ1) is 6.96. The number of hydrogen-bond acceptors (Lipinski definition) is 2. The Kier molecular flexibility index (Phi) is 4.90. The highest BCUT2D eigenvalue weighted by Gasteiger charge is 2.28. The summed E-state index contributed by atoms with van der Waals surface area (Å²) in [6.45, 7) is 13.5. The molecule has 0 saturated heterocycles. The molecule has 0 N–H and O–H groups in total. The Hall–Kier alpha value is -0.660. The third-order valence-corrected chi connectivity index (χ3v) is 2.83. The van der Waals surface area contributed by atoms with Crippen LogP contribution in [0.3, 0.4) is 0 Å². The monoisotopic (exact) mass is 226 g/mol. The van der Waals surface area contributed by atoms with E-state index in [9.17, 15) is 9.59 Å². The maximum Gasteiger partial charge on any atom is 0.141 e. The summed E-state index contributed by atoms with van der Waals surface area (Å²) >= 11 is 0. The lowest BCUT2D eigenvalue weighted by molar-refractivity contribution is -0.131. The molecule has 0 radical (unpaired) electrons. The van der Waals surface area contributed by atoms with Crippen LogP contribution in [0.5, 0.6) is 0 Å². The van der Waals surface area contributed by atoms with Crippen LogP contribution in [0.15, 0.2) is 0 Å². The highest BCUT2D eigenvalue weighted by atomic mass is 16.1. The van der Waals surface area contributed by atoms with E-state index in [1.165, 1.54) is 0 Å². The SMILES string of the molecule is C[C@@H](CCC(=O)C(C)(C)C)C(=O)C(C)(C)C. The summed E-state index contributed by atoms with van der Waals surface area (Å²) in [5.74, 6) is 0.460. The van der Waals surface area contributed by atoms with Crippen molar-refractivity contribution in [3.8, 4) is 0 Å². The van der Waals surface area contributed by atoms with Gasteiger partial charge in [0.05, 0.1) is 0 Å². The number of carbonyl (C=O) groups excluding carboxylic acids is 2. The molecule has 2 heteroatoms. The van der Waals surface area contributed by atoms with Gasteiger partial charge in [-0.2, -0.15) is 0 Å². The summed E-state index contributed by atoms with van der Waals surface area (Å²) in [4.78, 5) is 23.6. The zero-order valence-corrected chi connectivity index (χ0v) is 11.8. The van der Waals surface area contributed by atoms with Crippen LogP contribution in [0.2, 0.25) is 0 Å². The molecule has 0 heterocycles. The van der Waals surface area contributed by atoms with Gasteiger partial charge in [-0.25, -0.2) is 0 Å². The van der Waals surface area contributed by atoms with Gasteiger partial charge < -0.3 is 0 Å². The van der Waals surface area contributed by atoms with E-state index < -0.39 is 0 Å². The topological polar surface area (TPSA) is 34.1 Å². The minimum atomic E-state index is -0.301. The largest absolute Gasteiger partial charge is 0.299 e. The molecule has 0 fully saturated rings. The first-order valence-corrected chi connectivity index (χ1v) is 6.04. The van der Waals surface area contributed by atoms with Gasteiger partial charge in [0.2, 0.25) is 0 Å². The molecule has 0 aromatic rings. The summed E-state index contributed by atoms with van der Waals surface area (Å²) in [7, 11) is 0. The molecule has 0 rings (SSSR count). The first-order valence-electron chi connectivity index (χ1n) is 6.04. The van der Waals surface area contributed by atoms with E-state index in [2.05, 4.69) is 0 Å². The van der Waals surface area contributed by atoms with Crippen LogP contribution in [-0.2, 0) is 9.59 Å². The third-order valence-electron chi connectivity index (χ3n) is 2.83. The number of rotatable bonds is 4. The van der Waals surface area contributed by atoms with Crippen molar-refractivity contribution in [3.05, 3.63) is 0 Å². The summed E-state index contributed by atoms with van der Waals surface area (Å²) < 4.78 is 0. The Morgan fingerprint density at radius 2 is 1.38 bits per heavy atom. The smallest absolute Gasteiger partial charge is 0.141 e. The fourth-order valence-electron chi connectivity index (χ4n) is 1.59. The van der Waals surface area contributed by atoms with Crippen LogP contribution < -0.4 is 0 Å². The van der Waals surface area contributed by atoms with Gasteiger partial charge in [-0.05, 0) is 6.42 Å². The van der Waals surface area contributed by atoms with Crippen LogP contribution in [0, 0.1) is 16.7 Å². The van der Waals surface area contributed by atoms with Gasteiger partial charge in [-0.1, -0.05) is 48.5 Å². The molecule has 94 valence electrons. The summed E-state index contributed by atoms with van der Waals surface area (Å²) in [6, 6.07) is 0. The van der Waals surface area contributed by atoms with E-state index in [4.69, 9.17) is 0 Å².